The number of carbonyl (C=O) groups excluding carboxylic acids is 2. The summed E-state index contributed by atoms with van der Waals surface area (Å²) in [5, 5.41) is 2.26. The SMILES string of the molecule is COC(=O)[C@H](CC(C)C)NC(=O)c1ccc(F)c(F)c1F. The smallest absolute Gasteiger partial charge is 0.328 e. The normalized spacial score (nSPS) is 12.1. The first-order valence-corrected chi connectivity index (χ1v) is 6.30. The van der Waals surface area contributed by atoms with Gasteiger partial charge in [0.25, 0.3) is 5.91 Å². The van der Waals surface area contributed by atoms with E-state index in [0.717, 1.165) is 13.2 Å². The summed E-state index contributed by atoms with van der Waals surface area (Å²) in [7, 11) is 1.15. The summed E-state index contributed by atoms with van der Waals surface area (Å²) in [4.78, 5) is 23.4. The minimum atomic E-state index is -1.74. The molecule has 1 atom stereocenters. The van der Waals surface area contributed by atoms with Crippen LogP contribution < -0.4 is 5.32 Å². The zero-order valence-electron chi connectivity index (χ0n) is 11.9. The molecule has 1 N–H and O–H groups in total. The second kappa shape index (κ2) is 7.10. The van der Waals surface area contributed by atoms with Crippen LogP contribution >= 0.6 is 0 Å². The fourth-order valence-electron chi connectivity index (χ4n) is 1.76. The Labute approximate surface area is 120 Å². The minimum absolute atomic E-state index is 0.0594. The number of amides is 1. The Bertz CT molecular complexity index is 547. The zero-order valence-corrected chi connectivity index (χ0v) is 11.9. The van der Waals surface area contributed by atoms with Crippen molar-refractivity contribution in [3.05, 3.63) is 35.1 Å². The predicted molar refractivity (Wildman–Crippen MR) is 69.0 cm³/mol. The first-order chi connectivity index (χ1) is 9.77. The number of carbonyl (C=O) groups is 2. The lowest BCUT2D eigenvalue weighted by Crippen LogP contribution is -2.42. The van der Waals surface area contributed by atoms with E-state index in [1.165, 1.54) is 0 Å². The Morgan fingerprint density at radius 3 is 2.33 bits per heavy atom. The van der Waals surface area contributed by atoms with Gasteiger partial charge in [-0.05, 0) is 24.5 Å². The van der Waals surface area contributed by atoms with Gasteiger partial charge in [-0.15, -0.1) is 0 Å². The van der Waals surface area contributed by atoms with Crippen molar-refractivity contribution >= 4 is 11.9 Å². The number of methoxy groups -OCH3 is 1. The molecule has 0 bridgehead atoms. The molecule has 0 radical (unpaired) electrons. The molecule has 1 aromatic rings. The summed E-state index contributed by atoms with van der Waals surface area (Å²) in [6, 6.07) is 0.463. The average molecular weight is 303 g/mol. The third-order valence-corrected chi connectivity index (χ3v) is 2.78. The summed E-state index contributed by atoms with van der Waals surface area (Å²) in [5.41, 5.74) is -0.674. The number of ether oxygens (including phenoxy) is 1. The maximum absolute atomic E-state index is 13.5. The van der Waals surface area contributed by atoms with E-state index in [4.69, 9.17) is 0 Å². The van der Waals surface area contributed by atoms with Crippen LogP contribution in [-0.4, -0.2) is 25.0 Å². The van der Waals surface area contributed by atoms with Gasteiger partial charge >= 0.3 is 5.97 Å². The highest BCUT2D eigenvalue weighted by Gasteiger charge is 2.26. The lowest BCUT2D eigenvalue weighted by Gasteiger charge is -2.18. The van der Waals surface area contributed by atoms with Gasteiger partial charge in [-0.1, -0.05) is 13.8 Å². The largest absolute Gasteiger partial charge is 0.467 e. The van der Waals surface area contributed by atoms with Crippen LogP contribution in [-0.2, 0) is 9.53 Å². The number of hydrogen-bond acceptors (Lipinski definition) is 3. The molecule has 0 heterocycles. The molecule has 7 heteroatoms. The van der Waals surface area contributed by atoms with Crippen LogP contribution in [0.5, 0.6) is 0 Å². The summed E-state index contributed by atoms with van der Waals surface area (Å²) in [5.74, 6) is -6.37. The van der Waals surface area contributed by atoms with Gasteiger partial charge in [0.1, 0.15) is 6.04 Å². The van der Waals surface area contributed by atoms with Gasteiger partial charge in [-0.3, -0.25) is 4.79 Å². The summed E-state index contributed by atoms with van der Waals surface area (Å²) in [6.07, 6.45) is 0.268. The van der Waals surface area contributed by atoms with Gasteiger partial charge in [-0.2, -0.15) is 0 Å². The summed E-state index contributed by atoms with van der Waals surface area (Å²) < 4.78 is 44.0. The molecule has 0 saturated carbocycles. The zero-order chi connectivity index (χ0) is 16.2. The second-order valence-electron chi connectivity index (χ2n) is 4.90. The van der Waals surface area contributed by atoms with Crippen LogP contribution in [0.3, 0.4) is 0 Å². The molecule has 0 aliphatic heterocycles. The van der Waals surface area contributed by atoms with E-state index in [2.05, 4.69) is 10.1 Å². The maximum Gasteiger partial charge on any atom is 0.328 e. The van der Waals surface area contributed by atoms with Crippen molar-refractivity contribution < 1.29 is 27.5 Å². The van der Waals surface area contributed by atoms with E-state index in [1.54, 1.807) is 0 Å². The maximum atomic E-state index is 13.5. The van der Waals surface area contributed by atoms with Gasteiger partial charge in [-0.25, -0.2) is 18.0 Å². The van der Waals surface area contributed by atoms with Crippen LogP contribution in [0.1, 0.15) is 30.6 Å². The number of halogens is 3. The molecule has 0 aliphatic carbocycles. The van der Waals surface area contributed by atoms with Crippen molar-refractivity contribution in [2.75, 3.05) is 7.11 Å². The fourth-order valence-corrected chi connectivity index (χ4v) is 1.76. The molecule has 1 rings (SSSR count). The van der Waals surface area contributed by atoms with Crippen LogP contribution in [0.4, 0.5) is 13.2 Å². The monoisotopic (exact) mass is 303 g/mol. The molecule has 21 heavy (non-hydrogen) atoms. The van der Waals surface area contributed by atoms with Crippen molar-refractivity contribution in [1.82, 2.24) is 5.32 Å². The van der Waals surface area contributed by atoms with E-state index in [-0.39, 0.29) is 12.3 Å². The first-order valence-electron chi connectivity index (χ1n) is 6.30. The second-order valence-corrected chi connectivity index (χ2v) is 4.90. The Morgan fingerprint density at radius 2 is 1.81 bits per heavy atom. The first kappa shape index (κ1) is 17.0. The summed E-state index contributed by atoms with van der Waals surface area (Å²) in [6.45, 7) is 3.64. The highest BCUT2D eigenvalue weighted by atomic mass is 19.2. The highest BCUT2D eigenvalue weighted by Crippen LogP contribution is 2.16. The number of esters is 1. The van der Waals surface area contributed by atoms with Crippen LogP contribution in [0.15, 0.2) is 12.1 Å². The van der Waals surface area contributed by atoms with Crippen molar-refractivity contribution in [2.24, 2.45) is 5.92 Å². The van der Waals surface area contributed by atoms with Crippen molar-refractivity contribution in [1.29, 1.82) is 0 Å². The van der Waals surface area contributed by atoms with Gasteiger partial charge in [0.2, 0.25) is 0 Å². The minimum Gasteiger partial charge on any atom is -0.467 e. The molecule has 0 aliphatic rings. The van der Waals surface area contributed by atoms with Crippen LogP contribution in [0, 0.1) is 23.4 Å². The molecule has 1 aromatic carbocycles. The lowest BCUT2D eigenvalue weighted by atomic mass is 10.0. The third kappa shape index (κ3) is 4.21. The molecular weight excluding hydrogens is 287 g/mol. The highest BCUT2D eigenvalue weighted by molar-refractivity contribution is 5.97. The Balaban J connectivity index is 2.97. The molecule has 0 fully saturated rings. The molecule has 0 aromatic heterocycles. The van der Waals surface area contributed by atoms with Crippen molar-refractivity contribution in [3.8, 4) is 0 Å². The number of hydrogen-bond donors (Lipinski definition) is 1. The predicted octanol–water partition coefficient (Wildman–Crippen LogP) is 2.42. The fraction of sp³-hybridized carbons (Fsp3) is 0.429. The molecular formula is C14H16F3NO3. The van der Waals surface area contributed by atoms with E-state index < -0.39 is 40.9 Å². The standard InChI is InChI=1S/C14H16F3NO3/c1-7(2)6-10(14(20)21-3)18-13(19)8-4-5-9(15)12(17)11(8)16/h4-5,7,10H,6H2,1-3H3,(H,18,19)/t10-/m0/s1. The van der Waals surface area contributed by atoms with E-state index in [0.29, 0.717) is 6.07 Å². The van der Waals surface area contributed by atoms with Crippen molar-refractivity contribution in [2.45, 2.75) is 26.3 Å². The van der Waals surface area contributed by atoms with Gasteiger partial charge < -0.3 is 10.1 Å². The van der Waals surface area contributed by atoms with E-state index in [9.17, 15) is 22.8 Å². The van der Waals surface area contributed by atoms with E-state index in [1.807, 2.05) is 13.8 Å². The van der Waals surface area contributed by atoms with Crippen molar-refractivity contribution in [3.63, 3.8) is 0 Å². The molecule has 1 amide bonds. The Morgan fingerprint density at radius 1 is 1.19 bits per heavy atom. The van der Waals surface area contributed by atoms with Crippen LogP contribution in [0.2, 0.25) is 0 Å². The van der Waals surface area contributed by atoms with Gasteiger partial charge in [0.15, 0.2) is 17.5 Å². The average Bonchev–Trinajstić information content (AvgIpc) is 2.42. The number of nitrogens with one attached hydrogen (secondary N) is 1. The molecule has 0 spiro atoms. The molecule has 4 nitrogen and oxygen atoms in total. The van der Waals surface area contributed by atoms with Crippen LogP contribution in [0.25, 0.3) is 0 Å². The molecule has 116 valence electrons. The van der Waals surface area contributed by atoms with E-state index >= 15 is 0 Å². The third-order valence-electron chi connectivity index (χ3n) is 2.78. The molecule has 0 saturated heterocycles. The van der Waals surface area contributed by atoms with Gasteiger partial charge in [0.05, 0.1) is 12.7 Å². The summed E-state index contributed by atoms with van der Waals surface area (Å²) >= 11 is 0. The molecule has 0 unspecified atom stereocenters. The lowest BCUT2D eigenvalue weighted by molar-refractivity contribution is -0.143. The quantitative estimate of drug-likeness (QED) is 0.671. The van der Waals surface area contributed by atoms with Gasteiger partial charge in [0, 0.05) is 0 Å². The Kier molecular flexibility index (Phi) is 5.75. The number of benzene rings is 1. The number of rotatable bonds is 5. The topological polar surface area (TPSA) is 55.4 Å². The Hall–Kier alpha value is -2.05.